The first-order valence-corrected chi connectivity index (χ1v) is 13.7. The lowest BCUT2D eigenvalue weighted by Gasteiger charge is -2.26. The average molecular weight is 528 g/mol. The lowest BCUT2D eigenvalue weighted by Crippen LogP contribution is -2.09. The number of anilines is 3. The van der Waals surface area contributed by atoms with E-state index in [0.29, 0.717) is 11.1 Å². The summed E-state index contributed by atoms with van der Waals surface area (Å²) in [4.78, 5) is 1.81. The molecule has 0 spiro atoms. The molecule has 7 aromatic rings. The van der Waals surface area contributed by atoms with Gasteiger partial charge < -0.3 is 4.90 Å². The molecule has 1 nitrogen and oxygen atoms in total. The summed E-state index contributed by atoms with van der Waals surface area (Å²) in [6.07, 6.45) is 0. The number of rotatable bonds is 6. The zero-order chi connectivity index (χ0) is 30.9. The van der Waals surface area contributed by atoms with E-state index in [1.165, 1.54) is 10.8 Å². The van der Waals surface area contributed by atoms with Crippen molar-refractivity contribution >= 4 is 27.8 Å². The molecular weight excluding hydrogens is 494 g/mol. The fourth-order valence-corrected chi connectivity index (χ4v) is 5.20. The number of para-hydroxylation sites is 1. The van der Waals surface area contributed by atoms with E-state index in [2.05, 4.69) is 66.7 Å². The van der Waals surface area contributed by atoms with Crippen LogP contribution in [0.4, 0.5) is 17.1 Å². The van der Waals surface area contributed by atoms with Crippen molar-refractivity contribution in [2.24, 2.45) is 0 Å². The summed E-state index contributed by atoms with van der Waals surface area (Å²) in [7, 11) is 0. The zero-order valence-electron chi connectivity index (χ0n) is 26.4. The van der Waals surface area contributed by atoms with Gasteiger partial charge in [0.1, 0.15) is 0 Å². The van der Waals surface area contributed by atoms with Crippen LogP contribution in [0.3, 0.4) is 0 Å². The highest BCUT2D eigenvalue weighted by Crippen LogP contribution is 2.37. The van der Waals surface area contributed by atoms with Crippen LogP contribution in [0.15, 0.2) is 176 Å². The Morgan fingerprint density at radius 2 is 0.829 bits per heavy atom. The normalized spacial score (nSPS) is 12.3. The predicted octanol–water partition coefficient (Wildman–Crippen LogP) is 11.3. The number of hydrogen-bond acceptors (Lipinski definition) is 1. The Bertz CT molecular complexity index is 2110. The quantitative estimate of drug-likeness (QED) is 0.208. The van der Waals surface area contributed by atoms with Crippen molar-refractivity contribution in [2.75, 3.05) is 4.90 Å². The van der Waals surface area contributed by atoms with Crippen molar-refractivity contribution in [3.05, 3.63) is 176 Å². The predicted molar refractivity (Wildman–Crippen MR) is 175 cm³/mol. The molecule has 0 atom stereocenters. The Balaban J connectivity index is 1.30. The van der Waals surface area contributed by atoms with Crippen molar-refractivity contribution in [2.45, 2.75) is 0 Å². The highest BCUT2D eigenvalue weighted by atomic mass is 15.1. The molecule has 0 bridgehead atoms. The van der Waals surface area contributed by atoms with Gasteiger partial charge in [0.2, 0.25) is 0 Å². The van der Waals surface area contributed by atoms with Crippen LogP contribution in [0.2, 0.25) is 0 Å². The Morgan fingerprint density at radius 3 is 1.56 bits per heavy atom. The molecule has 7 rings (SSSR count). The summed E-state index contributed by atoms with van der Waals surface area (Å²) in [6.45, 7) is 0. The monoisotopic (exact) mass is 527 g/mol. The van der Waals surface area contributed by atoms with E-state index in [9.17, 15) is 0 Å². The molecule has 194 valence electrons. The molecule has 41 heavy (non-hydrogen) atoms. The minimum Gasteiger partial charge on any atom is -0.311 e. The van der Waals surface area contributed by atoms with Gasteiger partial charge in [0.15, 0.2) is 0 Å². The average Bonchev–Trinajstić information content (AvgIpc) is 3.10. The highest BCUT2D eigenvalue weighted by Gasteiger charge is 2.13. The van der Waals surface area contributed by atoms with Crippen LogP contribution in [0.25, 0.3) is 44.2 Å². The zero-order valence-corrected chi connectivity index (χ0v) is 22.4. The number of hydrogen-bond donors (Lipinski definition) is 0. The van der Waals surface area contributed by atoms with Crippen molar-refractivity contribution in [3.8, 4) is 33.4 Å². The van der Waals surface area contributed by atoms with Gasteiger partial charge in [-0.1, -0.05) is 127 Å². The SMILES string of the molecule is [2H]c1c([2H])c(N(c2ccccc2)c2ccc(-c3cccc(-c4ccc5ccccc5c4)c3)cc2)c([2H])c([2H])c1-c1ccccc1. The molecule has 1 heteroatoms. The fraction of sp³-hybridized carbons (Fsp3) is 0. The summed E-state index contributed by atoms with van der Waals surface area (Å²) in [6, 6.07) is 49.8. The Morgan fingerprint density at radius 1 is 0.317 bits per heavy atom. The van der Waals surface area contributed by atoms with Gasteiger partial charge in [-0.05, 0) is 92.6 Å². The molecule has 0 aromatic heterocycles. The standard InChI is InChI=1S/C40H29N/c1-3-10-30(11-4-1)32-20-24-39(25-21-32)41(38-16-5-2-6-17-38)40-26-22-33(23-27-40)35-14-9-15-36(28-35)37-19-18-31-12-7-8-13-34(31)29-37/h1-29H/i20D,21D,24D,25D. The Kier molecular flexibility index (Phi) is 5.50. The van der Waals surface area contributed by atoms with Gasteiger partial charge >= 0.3 is 0 Å². The minimum absolute atomic E-state index is 0.0692. The van der Waals surface area contributed by atoms with E-state index in [1.807, 2.05) is 89.8 Å². The van der Waals surface area contributed by atoms with Gasteiger partial charge in [0, 0.05) is 17.1 Å². The summed E-state index contributed by atoms with van der Waals surface area (Å²) < 4.78 is 35.9. The van der Waals surface area contributed by atoms with Crippen molar-refractivity contribution in [1.82, 2.24) is 0 Å². The maximum Gasteiger partial charge on any atom is 0.0645 e. The highest BCUT2D eigenvalue weighted by molar-refractivity contribution is 5.88. The summed E-state index contributed by atoms with van der Waals surface area (Å²) in [5.41, 5.74) is 7.05. The smallest absolute Gasteiger partial charge is 0.0645 e. The molecule has 0 aliphatic heterocycles. The lowest BCUT2D eigenvalue weighted by molar-refractivity contribution is 1.28. The van der Waals surface area contributed by atoms with Gasteiger partial charge in [-0.3, -0.25) is 0 Å². The molecule has 0 N–H and O–H groups in total. The van der Waals surface area contributed by atoms with Crippen LogP contribution < -0.4 is 4.90 Å². The van der Waals surface area contributed by atoms with E-state index in [1.54, 1.807) is 0 Å². The number of nitrogens with zero attached hydrogens (tertiary/aromatic N) is 1. The first kappa shape index (κ1) is 20.5. The minimum atomic E-state index is -0.0918. The van der Waals surface area contributed by atoms with Crippen LogP contribution >= 0.6 is 0 Å². The second-order valence-electron chi connectivity index (χ2n) is 9.95. The van der Waals surface area contributed by atoms with Gasteiger partial charge in [-0.25, -0.2) is 0 Å². The molecule has 7 aromatic carbocycles. The van der Waals surface area contributed by atoms with E-state index in [4.69, 9.17) is 5.48 Å². The third-order valence-electron chi connectivity index (χ3n) is 7.32. The van der Waals surface area contributed by atoms with Crippen LogP contribution in [0, 0.1) is 0 Å². The second kappa shape index (κ2) is 11.0. The fourth-order valence-electron chi connectivity index (χ4n) is 5.20. The Hall–Kier alpha value is -5.40. The number of fused-ring (bicyclic) bond motifs is 1. The maximum absolute atomic E-state index is 9.05. The van der Waals surface area contributed by atoms with Crippen LogP contribution in [-0.4, -0.2) is 0 Å². The van der Waals surface area contributed by atoms with E-state index >= 15 is 0 Å². The van der Waals surface area contributed by atoms with Gasteiger partial charge in [-0.15, -0.1) is 0 Å². The first-order valence-electron chi connectivity index (χ1n) is 15.7. The molecule has 0 radical (unpaired) electrons. The van der Waals surface area contributed by atoms with E-state index in [-0.39, 0.29) is 29.9 Å². The molecule has 0 aliphatic rings. The van der Waals surface area contributed by atoms with E-state index in [0.717, 1.165) is 33.6 Å². The molecule has 0 saturated carbocycles. The first-order chi connectivity index (χ1) is 22.0. The molecule has 0 amide bonds. The molecule has 0 unspecified atom stereocenters. The van der Waals surface area contributed by atoms with Crippen LogP contribution in [0.5, 0.6) is 0 Å². The molecule has 0 saturated heterocycles. The summed E-state index contributed by atoms with van der Waals surface area (Å²) in [5.74, 6) is 0. The Labute approximate surface area is 247 Å². The van der Waals surface area contributed by atoms with E-state index < -0.39 is 0 Å². The molecule has 0 fully saturated rings. The van der Waals surface area contributed by atoms with Gasteiger partial charge in [0.25, 0.3) is 0 Å². The second-order valence-corrected chi connectivity index (χ2v) is 9.95. The molecule has 0 aliphatic carbocycles. The van der Waals surface area contributed by atoms with Crippen molar-refractivity contribution in [3.63, 3.8) is 0 Å². The topological polar surface area (TPSA) is 3.24 Å². The molecule has 0 heterocycles. The summed E-state index contributed by atoms with van der Waals surface area (Å²) in [5, 5.41) is 2.42. The number of benzene rings is 7. The lowest BCUT2D eigenvalue weighted by atomic mass is 9.97. The van der Waals surface area contributed by atoms with Gasteiger partial charge in [0.05, 0.1) is 5.48 Å². The third kappa shape index (κ3) is 5.14. The maximum atomic E-state index is 9.05. The largest absolute Gasteiger partial charge is 0.311 e. The molecular formula is C40H29N. The van der Waals surface area contributed by atoms with Gasteiger partial charge in [-0.2, -0.15) is 0 Å². The van der Waals surface area contributed by atoms with Crippen LogP contribution in [0.1, 0.15) is 5.48 Å². The summed E-state index contributed by atoms with van der Waals surface area (Å²) >= 11 is 0. The van der Waals surface area contributed by atoms with Crippen molar-refractivity contribution < 1.29 is 5.48 Å². The third-order valence-corrected chi connectivity index (χ3v) is 7.32. The van der Waals surface area contributed by atoms with Crippen molar-refractivity contribution in [1.29, 1.82) is 0 Å². The van der Waals surface area contributed by atoms with Crippen LogP contribution in [-0.2, 0) is 0 Å².